The molecular weight excluding hydrogens is 332 g/mol. The molecule has 0 spiro atoms. The molecule has 2 N–H and O–H groups in total. The van der Waals surface area contributed by atoms with Gasteiger partial charge in [-0.3, -0.25) is 9.59 Å². The molecule has 1 aromatic heterocycles. The topological polar surface area (TPSA) is 58.2 Å². The Morgan fingerprint density at radius 1 is 1.22 bits per heavy atom. The van der Waals surface area contributed by atoms with E-state index in [1.165, 1.54) is 18.3 Å². The third-order valence-electron chi connectivity index (χ3n) is 3.38. The largest absolute Gasteiger partial charge is 0.350 e. The fourth-order valence-corrected chi connectivity index (χ4v) is 3.28. The zero-order chi connectivity index (χ0) is 16.8. The first kappa shape index (κ1) is 17.5. The van der Waals surface area contributed by atoms with Gasteiger partial charge in [0.2, 0.25) is 11.8 Å². The summed E-state index contributed by atoms with van der Waals surface area (Å²) in [5, 5.41) is 8.33. The fraction of sp³-hybridized carbons (Fsp3) is 0.294. The first-order valence-electron chi connectivity index (χ1n) is 7.31. The van der Waals surface area contributed by atoms with Crippen LogP contribution in [0.15, 0.2) is 41.8 Å². The van der Waals surface area contributed by atoms with Crippen molar-refractivity contribution in [1.82, 2.24) is 10.6 Å². The number of nitrogens with one attached hydrogen (secondary N) is 2. The smallest absolute Gasteiger partial charge is 0.222 e. The van der Waals surface area contributed by atoms with Crippen molar-refractivity contribution in [1.29, 1.82) is 0 Å². The predicted molar refractivity (Wildman–Crippen MR) is 93.5 cm³/mol. The van der Waals surface area contributed by atoms with Gasteiger partial charge in [-0.05, 0) is 36.1 Å². The van der Waals surface area contributed by atoms with Crippen LogP contribution in [0, 0.1) is 0 Å². The molecule has 2 amide bonds. The quantitative estimate of drug-likeness (QED) is 0.831. The normalized spacial score (nSPS) is 13.2. The van der Waals surface area contributed by atoms with Gasteiger partial charge in [0.1, 0.15) is 0 Å². The van der Waals surface area contributed by atoms with Gasteiger partial charge in [0.25, 0.3) is 0 Å². The van der Waals surface area contributed by atoms with Crippen LogP contribution in [0.5, 0.6) is 0 Å². The van der Waals surface area contributed by atoms with Crippen molar-refractivity contribution >= 4 is 34.8 Å². The lowest BCUT2D eigenvalue weighted by atomic mass is 10.1. The highest BCUT2D eigenvalue weighted by molar-refractivity contribution is 7.10. The van der Waals surface area contributed by atoms with Crippen LogP contribution in [0.25, 0.3) is 0 Å². The second kappa shape index (κ2) is 8.13. The summed E-state index contributed by atoms with van der Waals surface area (Å²) in [5.74, 6) is -0.274. The van der Waals surface area contributed by atoms with Gasteiger partial charge in [0.15, 0.2) is 0 Å². The number of hydrogen-bond donors (Lipinski definition) is 2. The van der Waals surface area contributed by atoms with Gasteiger partial charge in [0, 0.05) is 16.8 Å². The number of benzene rings is 1. The number of carbonyl (C=O) groups excluding carboxylic acids is 2. The average molecular weight is 351 g/mol. The molecule has 0 bridgehead atoms. The van der Waals surface area contributed by atoms with Crippen LogP contribution in [0.4, 0.5) is 0 Å². The van der Waals surface area contributed by atoms with Crippen molar-refractivity contribution in [2.24, 2.45) is 0 Å². The van der Waals surface area contributed by atoms with E-state index in [1.54, 1.807) is 6.07 Å². The van der Waals surface area contributed by atoms with Crippen LogP contribution >= 0.6 is 22.9 Å². The molecule has 0 saturated carbocycles. The zero-order valence-corrected chi connectivity index (χ0v) is 14.6. The standard InChI is InChI=1S/C17H19ClN2O2S/c1-11(13-5-3-6-14(18)9-13)19-17(22)10-15(20-12(2)21)16-7-4-8-23-16/h3-9,11,15H,10H2,1-2H3,(H,19,22)(H,20,21)/t11-,15+/m1/s1. The third kappa shape index (κ3) is 5.37. The molecule has 0 radical (unpaired) electrons. The highest BCUT2D eigenvalue weighted by Gasteiger charge is 2.19. The number of halogens is 1. The molecule has 6 heteroatoms. The lowest BCUT2D eigenvalue weighted by Gasteiger charge is -2.19. The molecule has 23 heavy (non-hydrogen) atoms. The van der Waals surface area contributed by atoms with Crippen molar-refractivity contribution in [3.05, 3.63) is 57.2 Å². The minimum Gasteiger partial charge on any atom is -0.350 e. The minimum atomic E-state index is -0.306. The van der Waals surface area contributed by atoms with Crippen molar-refractivity contribution in [2.45, 2.75) is 32.4 Å². The van der Waals surface area contributed by atoms with E-state index in [0.717, 1.165) is 10.4 Å². The van der Waals surface area contributed by atoms with Crippen LogP contribution < -0.4 is 10.6 Å². The Balaban J connectivity index is 2.00. The van der Waals surface area contributed by atoms with Gasteiger partial charge in [-0.1, -0.05) is 29.8 Å². The molecule has 1 aromatic carbocycles. The Morgan fingerprint density at radius 2 is 2.00 bits per heavy atom. The lowest BCUT2D eigenvalue weighted by molar-refractivity contribution is -0.123. The first-order valence-corrected chi connectivity index (χ1v) is 8.57. The summed E-state index contributed by atoms with van der Waals surface area (Å²) in [4.78, 5) is 24.6. The second-order valence-corrected chi connectivity index (χ2v) is 6.73. The molecule has 122 valence electrons. The van der Waals surface area contributed by atoms with Crippen LogP contribution in [0.1, 0.15) is 42.8 Å². The van der Waals surface area contributed by atoms with Crippen LogP contribution in [-0.2, 0) is 9.59 Å². The lowest BCUT2D eigenvalue weighted by Crippen LogP contribution is -2.33. The monoisotopic (exact) mass is 350 g/mol. The van der Waals surface area contributed by atoms with Crippen molar-refractivity contribution in [2.75, 3.05) is 0 Å². The Morgan fingerprint density at radius 3 is 2.61 bits per heavy atom. The molecule has 0 aliphatic rings. The maximum atomic E-state index is 12.3. The summed E-state index contributed by atoms with van der Waals surface area (Å²) in [6, 6.07) is 10.8. The van der Waals surface area contributed by atoms with Crippen LogP contribution in [0.3, 0.4) is 0 Å². The summed E-state index contributed by atoms with van der Waals surface area (Å²) in [5.41, 5.74) is 0.943. The van der Waals surface area contributed by atoms with Gasteiger partial charge in [-0.2, -0.15) is 0 Å². The van der Waals surface area contributed by atoms with E-state index in [4.69, 9.17) is 11.6 Å². The van der Waals surface area contributed by atoms with E-state index in [9.17, 15) is 9.59 Å². The van der Waals surface area contributed by atoms with E-state index in [0.29, 0.717) is 5.02 Å². The summed E-state index contributed by atoms with van der Waals surface area (Å²) < 4.78 is 0. The van der Waals surface area contributed by atoms with E-state index < -0.39 is 0 Å². The number of carbonyl (C=O) groups is 2. The molecule has 2 aromatic rings. The Kier molecular flexibility index (Phi) is 6.19. The van der Waals surface area contributed by atoms with E-state index in [1.807, 2.05) is 42.6 Å². The number of amides is 2. The molecule has 0 aliphatic heterocycles. The zero-order valence-electron chi connectivity index (χ0n) is 13.0. The van der Waals surface area contributed by atoms with E-state index in [-0.39, 0.29) is 30.3 Å². The maximum absolute atomic E-state index is 12.3. The van der Waals surface area contributed by atoms with Crippen molar-refractivity contribution < 1.29 is 9.59 Å². The average Bonchev–Trinajstić information content (AvgIpc) is 3.00. The van der Waals surface area contributed by atoms with Gasteiger partial charge in [-0.15, -0.1) is 11.3 Å². The van der Waals surface area contributed by atoms with Crippen LogP contribution in [-0.4, -0.2) is 11.8 Å². The fourth-order valence-electron chi connectivity index (χ4n) is 2.30. The van der Waals surface area contributed by atoms with Crippen molar-refractivity contribution in [3.63, 3.8) is 0 Å². The Labute approximate surface area is 144 Å². The second-order valence-electron chi connectivity index (χ2n) is 5.32. The summed E-state index contributed by atoms with van der Waals surface area (Å²) in [6.45, 7) is 3.36. The van der Waals surface area contributed by atoms with Crippen LogP contribution in [0.2, 0.25) is 5.02 Å². The Hall–Kier alpha value is -1.85. The summed E-state index contributed by atoms with van der Waals surface area (Å²) in [7, 11) is 0. The molecule has 0 saturated heterocycles. The molecule has 4 nitrogen and oxygen atoms in total. The third-order valence-corrected chi connectivity index (χ3v) is 4.60. The highest BCUT2D eigenvalue weighted by Crippen LogP contribution is 2.23. The maximum Gasteiger partial charge on any atom is 0.222 e. The summed E-state index contributed by atoms with van der Waals surface area (Å²) in [6.07, 6.45) is 0.199. The molecule has 2 rings (SSSR count). The highest BCUT2D eigenvalue weighted by atomic mass is 35.5. The van der Waals surface area contributed by atoms with Gasteiger partial charge < -0.3 is 10.6 Å². The van der Waals surface area contributed by atoms with E-state index >= 15 is 0 Å². The predicted octanol–water partition coefficient (Wildman–Crippen LogP) is 3.85. The van der Waals surface area contributed by atoms with Gasteiger partial charge >= 0.3 is 0 Å². The van der Waals surface area contributed by atoms with Gasteiger partial charge in [-0.25, -0.2) is 0 Å². The number of rotatable bonds is 6. The summed E-state index contributed by atoms with van der Waals surface area (Å²) >= 11 is 7.50. The number of thiophene rings is 1. The molecule has 0 fully saturated rings. The van der Waals surface area contributed by atoms with E-state index in [2.05, 4.69) is 10.6 Å². The SMILES string of the molecule is CC(=O)N[C@@H](CC(=O)N[C@H](C)c1cccc(Cl)c1)c1cccs1. The minimum absolute atomic E-state index is 0.121. The molecule has 0 unspecified atom stereocenters. The molecule has 1 heterocycles. The molecule has 2 atom stereocenters. The number of hydrogen-bond acceptors (Lipinski definition) is 3. The Bertz CT molecular complexity index is 673. The van der Waals surface area contributed by atoms with Gasteiger partial charge in [0.05, 0.1) is 18.5 Å². The molecule has 0 aliphatic carbocycles. The first-order chi connectivity index (χ1) is 11.0. The van der Waals surface area contributed by atoms with Crippen molar-refractivity contribution in [3.8, 4) is 0 Å². The molecular formula is C17H19ClN2O2S.